The molecule has 0 saturated carbocycles. The largest absolute Gasteiger partial charge is 0.480 e. The molecule has 0 amide bonds. The van der Waals surface area contributed by atoms with Crippen molar-refractivity contribution in [2.75, 3.05) is 11.9 Å². The maximum absolute atomic E-state index is 10.7. The highest BCUT2D eigenvalue weighted by molar-refractivity contribution is 5.75. The quantitative estimate of drug-likeness (QED) is 0.578. The highest BCUT2D eigenvalue weighted by Crippen LogP contribution is 2.27. The smallest absolute Gasteiger partial charge is 0.322 e. The Kier molecular flexibility index (Phi) is 3.22. The predicted molar refractivity (Wildman–Crippen MR) is 54.0 cm³/mol. The van der Waals surface area contributed by atoms with Crippen LogP contribution in [0.3, 0.4) is 0 Å². The van der Waals surface area contributed by atoms with Crippen LogP contribution in [0.25, 0.3) is 0 Å². The first kappa shape index (κ1) is 11.0. The van der Waals surface area contributed by atoms with E-state index < -0.39 is 10.9 Å². The Bertz CT molecular complexity index is 403. The summed E-state index contributed by atoms with van der Waals surface area (Å²) in [4.78, 5) is 20.5. The average molecular weight is 210 g/mol. The van der Waals surface area contributed by atoms with Crippen molar-refractivity contribution in [1.29, 1.82) is 0 Å². The molecule has 6 heteroatoms. The number of benzene rings is 1. The number of anilines is 1. The third-order valence-corrected chi connectivity index (χ3v) is 1.85. The van der Waals surface area contributed by atoms with Gasteiger partial charge in [-0.1, -0.05) is 12.1 Å². The van der Waals surface area contributed by atoms with Gasteiger partial charge >= 0.3 is 5.97 Å². The Balaban J connectivity index is 3.01. The average Bonchev–Trinajstić information content (AvgIpc) is 2.13. The minimum Gasteiger partial charge on any atom is -0.480 e. The molecule has 1 rings (SSSR count). The summed E-state index contributed by atoms with van der Waals surface area (Å²) in [6.07, 6.45) is 0. The second-order valence-corrected chi connectivity index (χ2v) is 2.98. The molecule has 15 heavy (non-hydrogen) atoms. The lowest BCUT2D eigenvalue weighted by atomic mass is 10.1. The molecule has 0 saturated heterocycles. The zero-order chi connectivity index (χ0) is 11.4. The number of carboxylic acids is 1. The number of aliphatic carboxylic acids is 1. The van der Waals surface area contributed by atoms with Crippen molar-refractivity contribution in [2.45, 2.75) is 6.92 Å². The Morgan fingerprint density at radius 3 is 2.80 bits per heavy atom. The van der Waals surface area contributed by atoms with Gasteiger partial charge in [0, 0.05) is 5.56 Å². The summed E-state index contributed by atoms with van der Waals surface area (Å²) in [5.41, 5.74) is 0.636. The van der Waals surface area contributed by atoms with Gasteiger partial charge in [0.15, 0.2) is 0 Å². The Morgan fingerprint density at radius 1 is 1.60 bits per heavy atom. The van der Waals surface area contributed by atoms with Gasteiger partial charge in [-0.05, 0) is 13.0 Å². The second-order valence-electron chi connectivity index (χ2n) is 2.98. The maximum Gasteiger partial charge on any atom is 0.322 e. The normalized spacial score (nSPS) is 9.67. The minimum absolute atomic E-state index is 0.0845. The fourth-order valence-corrected chi connectivity index (χ4v) is 1.21. The zero-order valence-electron chi connectivity index (χ0n) is 8.06. The second kappa shape index (κ2) is 4.41. The fourth-order valence-electron chi connectivity index (χ4n) is 1.21. The molecule has 0 aliphatic carbocycles. The van der Waals surface area contributed by atoms with Crippen LogP contribution in [0.15, 0.2) is 18.2 Å². The van der Waals surface area contributed by atoms with Gasteiger partial charge in [-0.2, -0.15) is 0 Å². The fraction of sp³-hybridized carbons (Fsp3) is 0.222. The summed E-state index contributed by atoms with van der Waals surface area (Å²) in [6, 6.07) is 4.71. The summed E-state index contributed by atoms with van der Waals surface area (Å²) < 4.78 is 0. The topological polar surface area (TPSA) is 92.5 Å². The van der Waals surface area contributed by atoms with Crippen LogP contribution in [-0.2, 0) is 4.79 Å². The van der Waals surface area contributed by atoms with Gasteiger partial charge in [0.25, 0.3) is 5.69 Å². The van der Waals surface area contributed by atoms with Crippen molar-refractivity contribution >= 4 is 17.3 Å². The lowest BCUT2D eigenvalue weighted by molar-refractivity contribution is -0.384. The molecule has 0 unspecified atom stereocenters. The van der Waals surface area contributed by atoms with Crippen molar-refractivity contribution in [3.05, 3.63) is 33.9 Å². The van der Waals surface area contributed by atoms with E-state index in [1.165, 1.54) is 6.07 Å². The van der Waals surface area contributed by atoms with E-state index in [-0.39, 0.29) is 17.9 Å². The number of carbonyl (C=O) groups is 1. The van der Waals surface area contributed by atoms with Gasteiger partial charge in [0.2, 0.25) is 0 Å². The number of aryl methyl sites for hydroxylation is 1. The molecule has 6 nitrogen and oxygen atoms in total. The van der Waals surface area contributed by atoms with Crippen molar-refractivity contribution in [2.24, 2.45) is 0 Å². The number of nitrogens with one attached hydrogen (secondary N) is 1. The summed E-state index contributed by atoms with van der Waals surface area (Å²) in [5, 5.41) is 21.6. The van der Waals surface area contributed by atoms with E-state index >= 15 is 0 Å². The van der Waals surface area contributed by atoms with Crippen LogP contribution in [0.4, 0.5) is 11.4 Å². The van der Waals surface area contributed by atoms with Gasteiger partial charge in [-0.15, -0.1) is 0 Å². The Morgan fingerprint density at radius 2 is 2.27 bits per heavy atom. The van der Waals surface area contributed by atoms with Gasteiger partial charge in [0.1, 0.15) is 12.2 Å². The van der Waals surface area contributed by atoms with E-state index in [1.807, 2.05) is 0 Å². The highest BCUT2D eigenvalue weighted by atomic mass is 16.6. The number of nitrogens with zero attached hydrogens (tertiary/aromatic N) is 1. The number of hydrogen-bond donors (Lipinski definition) is 2. The molecule has 1 aromatic rings. The van der Waals surface area contributed by atoms with E-state index in [4.69, 9.17) is 5.11 Å². The molecule has 0 spiro atoms. The lowest BCUT2D eigenvalue weighted by Crippen LogP contribution is -2.13. The predicted octanol–water partition coefficient (Wildman–Crippen LogP) is 1.40. The Hall–Kier alpha value is -2.11. The molecule has 1 aromatic carbocycles. The van der Waals surface area contributed by atoms with Crippen molar-refractivity contribution in [3.63, 3.8) is 0 Å². The summed E-state index contributed by atoms with van der Waals surface area (Å²) in [6.45, 7) is 1.26. The lowest BCUT2D eigenvalue weighted by Gasteiger charge is -2.05. The summed E-state index contributed by atoms with van der Waals surface area (Å²) in [7, 11) is 0. The van der Waals surface area contributed by atoms with Crippen LogP contribution >= 0.6 is 0 Å². The summed E-state index contributed by atoms with van der Waals surface area (Å²) in [5.74, 6) is -1.06. The van der Waals surface area contributed by atoms with Crippen molar-refractivity contribution in [3.8, 4) is 0 Å². The Labute approximate surface area is 85.7 Å². The molecule has 0 heterocycles. The molecule has 80 valence electrons. The first-order chi connectivity index (χ1) is 7.02. The molecule has 0 aromatic heterocycles. The van der Waals surface area contributed by atoms with Crippen LogP contribution in [-0.4, -0.2) is 22.5 Å². The van der Waals surface area contributed by atoms with Crippen molar-refractivity contribution in [1.82, 2.24) is 0 Å². The number of rotatable bonds is 4. The maximum atomic E-state index is 10.7. The number of hydrogen-bond acceptors (Lipinski definition) is 4. The van der Waals surface area contributed by atoms with Gasteiger partial charge in [-0.3, -0.25) is 14.9 Å². The van der Waals surface area contributed by atoms with Crippen LogP contribution in [0.2, 0.25) is 0 Å². The van der Waals surface area contributed by atoms with E-state index in [0.29, 0.717) is 5.56 Å². The third-order valence-electron chi connectivity index (χ3n) is 1.85. The molecule has 0 aliphatic heterocycles. The SMILES string of the molecule is Cc1cccc(NCC(=O)O)c1[N+](=O)[O-]. The minimum atomic E-state index is -1.06. The van der Waals surface area contributed by atoms with Crippen LogP contribution in [0, 0.1) is 17.0 Å². The monoisotopic (exact) mass is 210 g/mol. The van der Waals surface area contributed by atoms with Gasteiger partial charge < -0.3 is 10.4 Å². The first-order valence-corrected chi connectivity index (χ1v) is 4.22. The molecule has 0 radical (unpaired) electrons. The van der Waals surface area contributed by atoms with Crippen molar-refractivity contribution < 1.29 is 14.8 Å². The number of nitro benzene ring substituents is 1. The van der Waals surface area contributed by atoms with Crippen LogP contribution in [0.1, 0.15) is 5.56 Å². The van der Waals surface area contributed by atoms with Gasteiger partial charge in [0.05, 0.1) is 4.92 Å². The van der Waals surface area contributed by atoms with E-state index in [9.17, 15) is 14.9 Å². The molecular weight excluding hydrogens is 200 g/mol. The number of carboxylic acid groups (broad SMARTS) is 1. The molecule has 0 bridgehead atoms. The molecule has 2 N–H and O–H groups in total. The van der Waals surface area contributed by atoms with Crippen LogP contribution < -0.4 is 5.32 Å². The standard InChI is InChI=1S/C9H10N2O4/c1-6-3-2-4-7(9(6)11(14)15)10-5-8(12)13/h2-4,10H,5H2,1H3,(H,12,13). The first-order valence-electron chi connectivity index (χ1n) is 4.22. The molecule has 0 atom stereocenters. The van der Waals surface area contributed by atoms with E-state index in [0.717, 1.165) is 0 Å². The van der Waals surface area contributed by atoms with E-state index in [1.54, 1.807) is 19.1 Å². The summed E-state index contributed by atoms with van der Waals surface area (Å²) >= 11 is 0. The molecule has 0 fully saturated rings. The van der Waals surface area contributed by atoms with Crippen LogP contribution in [0.5, 0.6) is 0 Å². The number of para-hydroxylation sites is 1. The molecule has 0 aliphatic rings. The molecular formula is C9H10N2O4. The highest BCUT2D eigenvalue weighted by Gasteiger charge is 2.16. The van der Waals surface area contributed by atoms with E-state index in [2.05, 4.69) is 5.32 Å². The third kappa shape index (κ3) is 2.67. The van der Waals surface area contributed by atoms with Gasteiger partial charge in [-0.25, -0.2) is 0 Å². The number of nitro groups is 1. The zero-order valence-corrected chi connectivity index (χ0v) is 8.06.